The van der Waals surface area contributed by atoms with E-state index < -0.39 is 28.2 Å². The van der Waals surface area contributed by atoms with Gasteiger partial charge in [-0.2, -0.15) is 13.2 Å². The van der Waals surface area contributed by atoms with Crippen molar-refractivity contribution in [1.29, 1.82) is 0 Å². The molecule has 0 saturated heterocycles. The molecule has 0 aliphatic rings. The molecule has 84 valence electrons. The third-order valence-electron chi connectivity index (χ3n) is 1.40. The molecule has 0 spiro atoms. The van der Waals surface area contributed by atoms with Gasteiger partial charge in [0.2, 0.25) is 0 Å². The summed E-state index contributed by atoms with van der Waals surface area (Å²) >= 11 is 0. The largest absolute Gasteiger partial charge is 0.433 e. The Balaban J connectivity index is 0.00000196. The summed E-state index contributed by atoms with van der Waals surface area (Å²) in [5, 5.41) is 10.2. The van der Waals surface area contributed by atoms with Gasteiger partial charge in [0.15, 0.2) is 0 Å². The van der Waals surface area contributed by atoms with Crippen molar-refractivity contribution >= 4 is 11.4 Å². The number of halogens is 3. The molecule has 0 saturated carbocycles. The van der Waals surface area contributed by atoms with Gasteiger partial charge in [0.1, 0.15) is 17.6 Å². The first-order valence-corrected chi connectivity index (χ1v) is 3.29. The molecule has 5 N–H and O–H groups in total. The van der Waals surface area contributed by atoms with Crippen molar-refractivity contribution in [1.82, 2.24) is 11.1 Å². The SMILES string of the molecule is N.Nc1cc(C(F)(F)F)ncc1[N+](=O)[O-]. The number of nitrogens with two attached hydrogens (primary N) is 1. The lowest BCUT2D eigenvalue weighted by molar-refractivity contribution is -0.384. The third kappa shape index (κ3) is 2.77. The summed E-state index contributed by atoms with van der Waals surface area (Å²) in [6, 6.07) is 0.429. The zero-order chi connectivity index (χ0) is 10.9. The molecule has 1 heterocycles. The van der Waals surface area contributed by atoms with Crippen LogP contribution < -0.4 is 11.9 Å². The number of anilines is 1. The van der Waals surface area contributed by atoms with E-state index in [-0.39, 0.29) is 6.15 Å². The maximum Gasteiger partial charge on any atom is 0.433 e. The Kier molecular flexibility index (Phi) is 3.57. The Hall–Kier alpha value is -1.90. The van der Waals surface area contributed by atoms with Crippen molar-refractivity contribution in [2.24, 2.45) is 0 Å². The number of pyridine rings is 1. The van der Waals surface area contributed by atoms with Crippen molar-refractivity contribution in [2.75, 3.05) is 5.73 Å². The van der Waals surface area contributed by atoms with Crippen molar-refractivity contribution in [3.05, 3.63) is 28.1 Å². The lowest BCUT2D eigenvalue weighted by atomic mass is 10.3. The molecule has 0 atom stereocenters. The van der Waals surface area contributed by atoms with Crippen LogP contribution in [0, 0.1) is 10.1 Å². The summed E-state index contributed by atoms with van der Waals surface area (Å²) in [7, 11) is 0. The van der Waals surface area contributed by atoms with Crippen LogP contribution >= 0.6 is 0 Å². The zero-order valence-corrected chi connectivity index (χ0v) is 7.28. The Morgan fingerprint density at radius 3 is 2.33 bits per heavy atom. The standard InChI is InChI=1S/C6H4F3N3O2.H3N/c7-6(8,9)5-1-3(10)4(2-11-5)12(13)14;/h1-2H,(H2,10,11);1H3. The maximum atomic E-state index is 12.0. The Labute approximate surface area is 81.6 Å². The summed E-state index contributed by atoms with van der Waals surface area (Å²) in [6.45, 7) is 0. The molecule has 0 amide bonds. The second-order valence-corrected chi connectivity index (χ2v) is 2.38. The maximum absolute atomic E-state index is 12.0. The van der Waals surface area contributed by atoms with E-state index in [1.807, 2.05) is 0 Å². The van der Waals surface area contributed by atoms with Gasteiger partial charge in [0, 0.05) is 0 Å². The number of nitrogens with zero attached hydrogens (tertiary/aromatic N) is 2. The van der Waals surface area contributed by atoms with Crippen molar-refractivity contribution in [2.45, 2.75) is 6.18 Å². The predicted octanol–water partition coefficient (Wildman–Crippen LogP) is 1.75. The summed E-state index contributed by atoms with van der Waals surface area (Å²) in [6.07, 6.45) is -4.17. The van der Waals surface area contributed by atoms with E-state index in [1.54, 1.807) is 0 Å². The minimum atomic E-state index is -4.65. The second kappa shape index (κ2) is 4.09. The molecule has 0 unspecified atom stereocenters. The quantitative estimate of drug-likeness (QED) is 0.556. The molecular formula is C6H7F3N4O2. The fourth-order valence-electron chi connectivity index (χ4n) is 0.771. The normalized spacial score (nSPS) is 10.6. The van der Waals surface area contributed by atoms with Crippen molar-refractivity contribution in [3.63, 3.8) is 0 Å². The lowest BCUT2D eigenvalue weighted by Crippen LogP contribution is -2.09. The molecule has 1 aromatic heterocycles. The van der Waals surface area contributed by atoms with Crippen LogP contribution in [0.25, 0.3) is 0 Å². The molecule has 6 nitrogen and oxygen atoms in total. The van der Waals surface area contributed by atoms with E-state index in [9.17, 15) is 23.3 Å². The zero-order valence-electron chi connectivity index (χ0n) is 7.28. The second-order valence-electron chi connectivity index (χ2n) is 2.38. The molecular weight excluding hydrogens is 217 g/mol. The van der Waals surface area contributed by atoms with Crippen LogP contribution in [-0.2, 0) is 6.18 Å². The number of nitro groups is 1. The highest BCUT2D eigenvalue weighted by Gasteiger charge is 2.33. The number of rotatable bonds is 1. The average molecular weight is 224 g/mol. The van der Waals surface area contributed by atoms with Gasteiger partial charge in [-0.25, -0.2) is 4.98 Å². The highest BCUT2D eigenvalue weighted by Crippen LogP contribution is 2.31. The van der Waals surface area contributed by atoms with Crippen LogP contribution in [0.4, 0.5) is 24.5 Å². The molecule has 0 radical (unpaired) electrons. The molecule has 15 heavy (non-hydrogen) atoms. The van der Waals surface area contributed by atoms with Gasteiger partial charge in [-0.1, -0.05) is 0 Å². The van der Waals surface area contributed by atoms with Gasteiger partial charge in [-0.15, -0.1) is 0 Å². The average Bonchev–Trinajstić information content (AvgIpc) is 2.01. The Morgan fingerprint density at radius 2 is 2.00 bits per heavy atom. The smallest absolute Gasteiger partial charge is 0.393 e. The van der Waals surface area contributed by atoms with Crippen molar-refractivity contribution in [3.8, 4) is 0 Å². The van der Waals surface area contributed by atoms with E-state index in [0.717, 1.165) is 0 Å². The van der Waals surface area contributed by atoms with Gasteiger partial charge in [0.25, 0.3) is 0 Å². The number of aromatic nitrogens is 1. The summed E-state index contributed by atoms with van der Waals surface area (Å²) in [5.41, 5.74) is 2.59. The van der Waals surface area contributed by atoms with Crippen LogP contribution in [0.5, 0.6) is 0 Å². The summed E-state index contributed by atoms with van der Waals surface area (Å²) in [4.78, 5) is 12.2. The molecule has 0 aliphatic heterocycles. The predicted molar refractivity (Wildman–Crippen MR) is 45.3 cm³/mol. The Morgan fingerprint density at radius 1 is 1.47 bits per heavy atom. The van der Waals surface area contributed by atoms with Gasteiger partial charge in [-0.3, -0.25) is 10.1 Å². The minimum Gasteiger partial charge on any atom is -0.393 e. The van der Waals surface area contributed by atoms with E-state index in [0.29, 0.717) is 12.3 Å². The lowest BCUT2D eigenvalue weighted by Gasteiger charge is -2.05. The molecule has 0 aliphatic carbocycles. The van der Waals surface area contributed by atoms with E-state index in [1.165, 1.54) is 0 Å². The molecule has 0 fully saturated rings. The van der Waals surface area contributed by atoms with E-state index in [2.05, 4.69) is 4.98 Å². The van der Waals surface area contributed by atoms with Crippen LogP contribution in [-0.4, -0.2) is 9.91 Å². The first kappa shape index (κ1) is 13.1. The van der Waals surface area contributed by atoms with Gasteiger partial charge in [-0.05, 0) is 6.07 Å². The van der Waals surface area contributed by atoms with E-state index >= 15 is 0 Å². The third-order valence-corrected chi connectivity index (χ3v) is 1.40. The molecule has 1 aromatic rings. The van der Waals surface area contributed by atoms with Crippen molar-refractivity contribution < 1.29 is 18.1 Å². The summed E-state index contributed by atoms with van der Waals surface area (Å²) < 4.78 is 36.0. The first-order chi connectivity index (χ1) is 6.32. The molecule has 9 heteroatoms. The first-order valence-electron chi connectivity index (χ1n) is 3.29. The Bertz CT molecular complexity index is 379. The van der Waals surface area contributed by atoms with Crippen LogP contribution in [0.1, 0.15) is 5.69 Å². The van der Waals surface area contributed by atoms with Crippen LogP contribution in [0.3, 0.4) is 0 Å². The number of nitrogen functional groups attached to an aromatic ring is 1. The number of hydrogen-bond acceptors (Lipinski definition) is 5. The fourth-order valence-corrected chi connectivity index (χ4v) is 0.771. The van der Waals surface area contributed by atoms with Crippen LogP contribution in [0.2, 0.25) is 0 Å². The van der Waals surface area contributed by atoms with E-state index in [4.69, 9.17) is 5.73 Å². The molecule has 0 bridgehead atoms. The monoisotopic (exact) mass is 224 g/mol. The fraction of sp³-hybridized carbons (Fsp3) is 0.167. The summed E-state index contributed by atoms with van der Waals surface area (Å²) in [5.74, 6) is 0. The highest BCUT2D eigenvalue weighted by atomic mass is 19.4. The van der Waals surface area contributed by atoms with Gasteiger partial charge < -0.3 is 11.9 Å². The molecule has 1 rings (SSSR count). The van der Waals surface area contributed by atoms with Gasteiger partial charge in [0.05, 0.1) is 4.92 Å². The number of hydrogen-bond donors (Lipinski definition) is 2. The minimum absolute atomic E-state index is 0. The van der Waals surface area contributed by atoms with Gasteiger partial charge >= 0.3 is 11.9 Å². The molecule has 0 aromatic carbocycles. The van der Waals surface area contributed by atoms with Crippen LogP contribution in [0.15, 0.2) is 12.3 Å². The highest BCUT2D eigenvalue weighted by molar-refractivity contribution is 5.57. The topological polar surface area (TPSA) is 117 Å². The number of alkyl halides is 3.